The lowest BCUT2D eigenvalue weighted by atomic mass is 9.81. The third-order valence-corrected chi connectivity index (χ3v) is 7.88. The number of hydrogen-bond donors (Lipinski definition) is 2. The van der Waals surface area contributed by atoms with Gasteiger partial charge in [-0.15, -0.1) is 0 Å². The van der Waals surface area contributed by atoms with Gasteiger partial charge in [0.15, 0.2) is 11.5 Å². The summed E-state index contributed by atoms with van der Waals surface area (Å²) in [7, 11) is 0. The fourth-order valence-corrected chi connectivity index (χ4v) is 5.92. The molecule has 1 aromatic heterocycles. The minimum Gasteiger partial charge on any atom is -1.00 e. The average Bonchev–Trinajstić information content (AvgIpc) is 3.16. The molecule has 2 aliphatic rings. The van der Waals surface area contributed by atoms with Crippen molar-refractivity contribution in [1.82, 2.24) is 9.78 Å². The zero-order valence-electron chi connectivity index (χ0n) is 22.2. The largest absolute Gasteiger partial charge is 1.00 e. The van der Waals surface area contributed by atoms with Crippen LogP contribution in [0.1, 0.15) is 56.5 Å². The Bertz CT molecular complexity index is 1620. The number of quaternary nitrogens is 1. The standard InChI is InChI=1S/C30H24F6N4O.ClH/c1-16-26-25(40(39-16)22-13-20(29(31,32)33)12-21(14-22)30(34,35)36)10-8-19-15-37-23-9-7-18(11-24(23)38-27(19)26)28(41)17-5-3-2-4-6-17;/h2-7,9,11-14,19,27,37-38H,8,10,15H2,1H3;1H. The molecule has 2 heterocycles. The molecular weight excluding hydrogens is 582 g/mol. The molecule has 0 fully saturated rings. The van der Waals surface area contributed by atoms with Crippen molar-refractivity contribution in [2.24, 2.45) is 5.92 Å². The fourth-order valence-electron chi connectivity index (χ4n) is 5.92. The molecule has 0 bridgehead atoms. The van der Waals surface area contributed by atoms with Crippen LogP contribution in [0.2, 0.25) is 0 Å². The molecule has 220 valence electrons. The third kappa shape index (κ3) is 5.38. The molecule has 3 N–H and O–H groups in total. The van der Waals surface area contributed by atoms with Gasteiger partial charge >= 0.3 is 12.4 Å². The van der Waals surface area contributed by atoms with Crippen molar-refractivity contribution in [3.8, 4) is 5.69 Å². The molecule has 0 spiro atoms. The predicted molar refractivity (Wildman–Crippen MR) is 139 cm³/mol. The maximum absolute atomic E-state index is 13.6. The summed E-state index contributed by atoms with van der Waals surface area (Å²) in [5, 5.41) is 9.94. The number of aryl methyl sites for hydroxylation is 1. The zero-order valence-corrected chi connectivity index (χ0v) is 22.9. The Hall–Kier alpha value is -3.83. The number of halogens is 7. The number of nitrogens with one attached hydrogen (secondary N) is 1. The molecule has 3 aromatic carbocycles. The summed E-state index contributed by atoms with van der Waals surface area (Å²) >= 11 is 0. The molecule has 1 aliphatic heterocycles. The normalized spacial score (nSPS) is 18.1. The van der Waals surface area contributed by atoms with Gasteiger partial charge in [0.1, 0.15) is 6.04 Å². The minimum atomic E-state index is -4.96. The predicted octanol–water partition coefficient (Wildman–Crippen LogP) is 3.38. The van der Waals surface area contributed by atoms with Gasteiger partial charge in [0.05, 0.1) is 39.5 Å². The highest BCUT2D eigenvalue weighted by Gasteiger charge is 2.41. The molecule has 6 rings (SSSR count). The molecule has 0 amide bonds. The van der Waals surface area contributed by atoms with Gasteiger partial charge in [0, 0.05) is 29.7 Å². The zero-order chi connectivity index (χ0) is 29.1. The summed E-state index contributed by atoms with van der Waals surface area (Å²) < 4.78 is 82.6. The highest BCUT2D eigenvalue weighted by atomic mass is 35.5. The van der Waals surface area contributed by atoms with Crippen LogP contribution in [0.25, 0.3) is 5.69 Å². The Morgan fingerprint density at radius 1 is 0.929 bits per heavy atom. The number of nitrogens with zero attached hydrogens (tertiary/aromatic N) is 2. The van der Waals surface area contributed by atoms with E-state index in [4.69, 9.17) is 0 Å². The summed E-state index contributed by atoms with van der Waals surface area (Å²) in [5.74, 6) is -0.00674. The number of carbonyl (C=O) groups is 1. The van der Waals surface area contributed by atoms with Crippen molar-refractivity contribution in [3.63, 3.8) is 0 Å². The number of alkyl halides is 6. The number of hydrogen-bond acceptors (Lipinski definition) is 3. The second-order valence-electron chi connectivity index (χ2n) is 10.5. The Kier molecular flexibility index (Phi) is 7.61. The first-order valence-electron chi connectivity index (χ1n) is 13.1. The van der Waals surface area contributed by atoms with Crippen LogP contribution in [0.15, 0.2) is 66.7 Å². The van der Waals surface area contributed by atoms with E-state index in [-0.39, 0.29) is 41.9 Å². The van der Waals surface area contributed by atoms with Gasteiger partial charge < -0.3 is 23.0 Å². The van der Waals surface area contributed by atoms with Gasteiger partial charge in [0.2, 0.25) is 0 Å². The maximum Gasteiger partial charge on any atom is 0.416 e. The number of rotatable bonds is 3. The van der Waals surface area contributed by atoms with E-state index in [0.29, 0.717) is 54.0 Å². The molecule has 5 nitrogen and oxygen atoms in total. The van der Waals surface area contributed by atoms with Crippen molar-refractivity contribution in [2.75, 3.05) is 11.9 Å². The van der Waals surface area contributed by atoms with Gasteiger partial charge in [-0.2, -0.15) is 31.4 Å². The van der Waals surface area contributed by atoms with Crippen LogP contribution in [-0.2, 0) is 18.8 Å². The number of anilines is 1. The monoisotopic (exact) mass is 606 g/mol. The molecule has 2 unspecified atom stereocenters. The molecule has 0 saturated carbocycles. The molecule has 2 atom stereocenters. The molecule has 12 heteroatoms. The van der Waals surface area contributed by atoms with E-state index in [9.17, 15) is 31.1 Å². The third-order valence-electron chi connectivity index (χ3n) is 7.88. The molecular formula is C30H25ClF6N4O. The van der Waals surface area contributed by atoms with E-state index in [1.807, 2.05) is 23.5 Å². The van der Waals surface area contributed by atoms with Crippen molar-refractivity contribution in [1.29, 1.82) is 0 Å². The maximum atomic E-state index is 13.6. The van der Waals surface area contributed by atoms with Crippen molar-refractivity contribution in [3.05, 3.63) is 106 Å². The van der Waals surface area contributed by atoms with Gasteiger partial charge in [-0.3, -0.25) is 4.79 Å². The van der Waals surface area contributed by atoms with Crippen molar-refractivity contribution >= 4 is 17.2 Å². The lowest BCUT2D eigenvalue weighted by Gasteiger charge is -2.28. The van der Waals surface area contributed by atoms with E-state index in [1.165, 1.54) is 4.68 Å². The molecule has 4 aromatic rings. The van der Waals surface area contributed by atoms with Crippen LogP contribution in [0.3, 0.4) is 0 Å². The smallest absolute Gasteiger partial charge is 0.416 e. The first-order chi connectivity index (χ1) is 19.4. The Morgan fingerprint density at radius 3 is 2.24 bits per heavy atom. The van der Waals surface area contributed by atoms with E-state index in [1.54, 1.807) is 37.3 Å². The molecule has 42 heavy (non-hydrogen) atoms. The van der Waals surface area contributed by atoms with E-state index in [0.717, 1.165) is 16.9 Å². The average molecular weight is 607 g/mol. The Balaban J connectivity index is 0.00000353. The number of nitrogens with two attached hydrogens (primary N) is 1. The van der Waals surface area contributed by atoms with Crippen LogP contribution in [0, 0.1) is 12.8 Å². The molecule has 0 radical (unpaired) electrons. The SMILES string of the molecule is Cc1nn(-c2cc(C(F)(F)F)cc(C(F)(F)F)c2)c2c1C1[NH2+]c3cc(C(=O)c4ccccc4)ccc3NCC1CC2.[Cl-]. The van der Waals surface area contributed by atoms with Crippen LogP contribution in [-0.4, -0.2) is 22.1 Å². The number of ketones is 1. The molecule has 0 saturated heterocycles. The first kappa shape index (κ1) is 29.7. The van der Waals surface area contributed by atoms with Crippen molar-refractivity contribution in [2.45, 2.75) is 38.2 Å². The van der Waals surface area contributed by atoms with Gasteiger partial charge in [-0.05, 0) is 50.1 Å². The number of aromatic nitrogens is 2. The summed E-state index contributed by atoms with van der Waals surface area (Å²) in [6, 6.07) is 15.7. The van der Waals surface area contributed by atoms with Crippen LogP contribution >= 0.6 is 0 Å². The quantitative estimate of drug-likeness (QED) is 0.214. The van der Waals surface area contributed by atoms with E-state index in [2.05, 4.69) is 10.4 Å². The van der Waals surface area contributed by atoms with E-state index < -0.39 is 23.5 Å². The molecule has 1 aliphatic carbocycles. The summed E-state index contributed by atoms with van der Waals surface area (Å²) in [6.07, 6.45) is -8.81. The first-order valence-corrected chi connectivity index (χ1v) is 13.1. The topological polar surface area (TPSA) is 63.5 Å². The fraction of sp³-hybridized carbons (Fsp3) is 0.267. The van der Waals surface area contributed by atoms with E-state index >= 15 is 0 Å². The van der Waals surface area contributed by atoms with Gasteiger partial charge in [-0.1, -0.05) is 30.3 Å². The van der Waals surface area contributed by atoms with Gasteiger partial charge in [-0.25, -0.2) is 4.68 Å². The Morgan fingerprint density at radius 2 is 1.60 bits per heavy atom. The Labute approximate surface area is 243 Å². The number of benzene rings is 3. The highest BCUT2D eigenvalue weighted by molar-refractivity contribution is 6.09. The van der Waals surface area contributed by atoms with Crippen LogP contribution in [0.5, 0.6) is 0 Å². The number of carbonyl (C=O) groups excluding carboxylic acids is 1. The number of fused-ring (bicyclic) bond motifs is 4. The lowest BCUT2D eigenvalue weighted by Crippen LogP contribution is -3.00. The van der Waals surface area contributed by atoms with Crippen LogP contribution in [0.4, 0.5) is 37.7 Å². The minimum absolute atomic E-state index is 0. The summed E-state index contributed by atoms with van der Waals surface area (Å²) in [4.78, 5) is 13.1. The second kappa shape index (κ2) is 10.8. The second-order valence-corrected chi connectivity index (χ2v) is 10.5. The van der Waals surface area contributed by atoms with Gasteiger partial charge in [0.25, 0.3) is 0 Å². The summed E-state index contributed by atoms with van der Waals surface area (Å²) in [6.45, 7) is 2.34. The lowest BCUT2D eigenvalue weighted by molar-refractivity contribution is -0.625. The summed E-state index contributed by atoms with van der Waals surface area (Å²) in [5.41, 5.74) is 1.60. The van der Waals surface area contributed by atoms with Crippen molar-refractivity contribution < 1.29 is 48.9 Å². The van der Waals surface area contributed by atoms with Crippen LogP contribution < -0.4 is 23.0 Å². The highest BCUT2D eigenvalue weighted by Crippen LogP contribution is 2.41.